The first-order chi connectivity index (χ1) is 5.20. The summed E-state index contributed by atoms with van der Waals surface area (Å²) in [5, 5.41) is 0. The van der Waals surface area contributed by atoms with E-state index >= 15 is 0 Å². The second-order valence-corrected chi connectivity index (χ2v) is 2.89. The van der Waals surface area contributed by atoms with Gasteiger partial charge in [-0.25, -0.2) is 0 Å². The first kappa shape index (κ1) is 8.18. The van der Waals surface area contributed by atoms with Gasteiger partial charge in [-0.15, -0.1) is 0 Å². The molecule has 0 unspecified atom stereocenters. The maximum atomic E-state index is 11.0. The van der Waals surface area contributed by atoms with Gasteiger partial charge in [0, 0.05) is 12.8 Å². The van der Waals surface area contributed by atoms with Crippen molar-refractivity contribution < 1.29 is 9.59 Å². The molecule has 0 spiro atoms. The summed E-state index contributed by atoms with van der Waals surface area (Å²) < 4.78 is 0. The lowest BCUT2D eigenvalue weighted by molar-refractivity contribution is -0.117. The molecular weight excluding hydrogens is 140 g/mol. The van der Waals surface area contributed by atoms with Gasteiger partial charge in [0.1, 0.15) is 5.78 Å². The Morgan fingerprint density at radius 2 is 2.36 bits per heavy atom. The number of rotatable bonds is 3. The van der Waals surface area contributed by atoms with E-state index in [-0.39, 0.29) is 11.6 Å². The minimum absolute atomic E-state index is 0.158. The average molecular weight is 152 g/mol. The van der Waals surface area contributed by atoms with E-state index in [9.17, 15) is 9.59 Å². The molecule has 0 bridgehead atoms. The molecule has 0 amide bonds. The molecule has 0 aromatic heterocycles. The van der Waals surface area contributed by atoms with Gasteiger partial charge in [0.15, 0.2) is 5.78 Å². The Morgan fingerprint density at radius 1 is 1.64 bits per heavy atom. The fourth-order valence-electron chi connectivity index (χ4n) is 1.20. The van der Waals surface area contributed by atoms with E-state index in [1.807, 2.05) is 6.08 Å². The van der Waals surface area contributed by atoms with Crippen LogP contribution in [-0.4, -0.2) is 11.6 Å². The zero-order chi connectivity index (χ0) is 8.27. The lowest BCUT2D eigenvalue weighted by atomic mass is 10.1. The number of allylic oxidation sites excluding steroid dienone is 2. The van der Waals surface area contributed by atoms with Crippen molar-refractivity contribution in [3.8, 4) is 0 Å². The second kappa shape index (κ2) is 3.46. The van der Waals surface area contributed by atoms with E-state index in [1.165, 1.54) is 0 Å². The zero-order valence-corrected chi connectivity index (χ0v) is 6.72. The molecule has 2 nitrogen and oxygen atoms in total. The van der Waals surface area contributed by atoms with Crippen molar-refractivity contribution in [3.63, 3.8) is 0 Å². The van der Waals surface area contributed by atoms with E-state index in [1.54, 1.807) is 6.92 Å². The highest BCUT2D eigenvalue weighted by Gasteiger charge is 2.14. The summed E-state index contributed by atoms with van der Waals surface area (Å²) >= 11 is 0. The van der Waals surface area contributed by atoms with Gasteiger partial charge >= 0.3 is 0 Å². The largest absolute Gasteiger partial charge is 0.300 e. The van der Waals surface area contributed by atoms with Crippen LogP contribution < -0.4 is 0 Å². The van der Waals surface area contributed by atoms with Crippen LogP contribution in [0.25, 0.3) is 0 Å². The smallest absolute Gasteiger partial charge is 0.158 e. The summed E-state index contributed by atoms with van der Waals surface area (Å²) in [7, 11) is 0. The average Bonchev–Trinajstić information content (AvgIpc) is 2.31. The highest BCUT2D eigenvalue weighted by molar-refractivity contribution is 5.98. The van der Waals surface area contributed by atoms with Gasteiger partial charge in [-0.3, -0.25) is 4.79 Å². The van der Waals surface area contributed by atoms with Crippen molar-refractivity contribution in [2.75, 3.05) is 0 Å². The van der Waals surface area contributed by atoms with Crippen molar-refractivity contribution >= 4 is 11.6 Å². The molecule has 1 aliphatic carbocycles. The fourth-order valence-corrected chi connectivity index (χ4v) is 1.20. The predicted molar refractivity (Wildman–Crippen MR) is 42.2 cm³/mol. The normalized spacial score (nSPS) is 16.8. The number of hydrogen-bond acceptors (Lipinski definition) is 2. The minimum Gasteiger partial charge on any atom is -0.300 e. The molecule has 0 aromatic rings. The van der Waals surface area contributed by atoms with Gasteiger partial charge in [0.2, 0.25) is 0 Å². The van der Waals surface area contributed by atoms with Crippen LogP contribution in [0.4, 0.5) is 0 Å². The number of carbonyl (C=O) groups is 2. The van der Waals surface area contributed by atoms with Gasteiger partial charge in [-0.2, -0.15) is 0 Å². The Bertz CT molecular complexity index is 214. The summed E-state index contributed by atoms with van der Waals surface area (Å²) in [5.74, 6) is 0.386. The molecule has 1 aliphatic rings. The van der Waals surface area contributed by atoms with Crippen molar-refractivity contribution in [2.45, 2.75) is 32.6 Å². The Morgan fingerprint density at radius 3 is 2.82 bits per heavy atom. The monoisotopic (exact) mass is 152 g/mol. The van der Waals surface area contributed by atoms with Gasteiger partial charge in [-0.1, -0.05) is 6.08 Å². The van der Waals surface area contributed by atoms with Crippen LogP contribution in [0.1, 0.15) is 32.6 Å². The van der Waals surface area contributed by atoms with Crippen molar-refractivity contribution in [3.05, 3.63) is 11.6 Å². The molecule has 0 aromatic carbocycles. The molecule has 11 heavy (non-hydrogen) atoms. The molecule has 2 heteroatoms. The van der Waals surface area contributed by atoms with Crippen LogP contribution in [0, 0.1) is 0 Å². The molecule has 60 valence electrons. The lowest BCUT2D eigenvalue weighted by Gasteiger charge is -1.96. The summed E-state index contributed by atoms with van der Waals surface area (Å²) in [6.07, 6.45) is 4.62. The van der Waals surface area contributed by atoms with E-state index < -0.39 is 0 Å². The summed E-state index contributed by atoms with van der Waals surface area (Å²) in [4.78, 5) is 21.6. The summed E-state index contributed by atoms with van der Waals surface area (Å²) in [6.45, 7) is 1.56. The molecule has 0 N–H and O–H groups in total. The molecule has 0 radical (unpaired) electrons. The summed E-state index contributed by atoms with van der Waals surface area (Å²) in [5.41, 5.74) is 0.861. The fraction of sp³-hybridized carbons (Fsp3) is 0.556. The van der Waals surface area contributed by atoms with Gasteiger partial charge < -0.3 is 4.79 Å². The van der Waals surface area contributed by atoms with E-state index in [0.717, 1.165) is 12.0 Å². The van der Waals surface area contributed by atoms with Crippen LogP contribution in [0.3, 0.4) is 0 Å². The van der Waals surface area contributed by atoms with Gasteiger partial charge in [0.05, 0.1) is 0 Å². The van der Waals surface area contributed by atoms with E-state index in [0.29, 0.717) is 19.3 Å². The quantitative estimate of drug-likeness (QED) is 0.616. The first-order valence-corrected chi connectivity index (χ1v) is 3.92. The molecule has 0 saturated heterocycles. The van der Waals surface area contributed by atoms with Crippen molar-refractivity contribution in [1.29, 1.82) is 0 Å². The van der Waals surface area contributed by atoms with Gasteiger partial charge in [-0.05, 0) is 25.3 Å². The van der Waals surface area contributed by atoms with E-state index in [2.05, 4.69) is 0 Å². The van der Waals surface area contributed by atoms with Crippen LogP contribution in [-0.2, 0) is 9.59 Å². The summed E-state index contributed by atoms with van der Waals surface area (Å²) in [6, 6.07) is 0. The maximum Gasteiger partial charge on any atom is 0.158 e. The van der Waals surface area contributed by atoms with Gasteiger partial charge in [0.25, 0.3) is 0 Å². The SMILES string of the molecule is CC(=O)CCC1=CCCC1=O. The zero-order valence-electron chi connectivity index (χ0n) is 6.72. The van der Waals surface area contributed by atoms with Crippen LogP contribution in [0.15, 0.2) is 11.6 Å². The molecular formula is C9H12O2. The third kappa shape index (κ3) is 2.30. The Hall–Kier alpha value is -0.920. The standard InChI is InChI=1S/C9H12O2/c1-7(10)5-6-8-3-2-4-9(8)11/h3H,2,4-6H2,1H3. The van der Waals surface area contributed by atoms with Crippen LogP contribution >= 0.6 is 0 Å². The molecule has 1 rings (SSSR count). The first-order valence-electron chi connectivity index (χ1n) is 3.92. The van der Waals surface area contributed by atoms with Crippen LogP contribution in [0.2, 0.25) is 0 Å². The van der Waals surface area contributed by atoms with Crippen LogP contribution in [0.5, 0.6) is 0 Å². The third-order valence-corrected chi connectivity index (χ3v) is 1.87. The maximum absolute atomic E-state index is 11.0. The van der Waals surface area contributed by atoms with Crippen molar-refractivity contribution in [1.82, 2.24) is 0 Å². The Kier molecular flexibility index (Phi) is 2.58. The highest BCUT2D eigenvalue weighted by atomic mass is 16.1. The second-order valence-electron chi connectivity index (χ2n) is 2.89. The molecule has 0 aliphatic heterocycles. The lowest BCUT2D eigenvalue weighted by Crippen LogP contribution is -1.98. The Balaban J connectivity index is 2.37. The highest BCUT2D eigenvalue weighted by Crippen LogP contribution is 2.18. The molecule has 0 atom stereocenters. The predicted octanol–water partition coefficient (Wildman–Crippen LogP) is 1.64. The minimum atomic E-state index is 0.158. The number of ketones is 2. The Labute approximate surface area is 66.3 Å². The molecule has 0 saturated carbocycles. The third-order valence-electron chi connectivity index (χ3n) is 1.87. The molecule has 0 fully saturated rings. The van der Waals surface area contributed by atoms with Crippen molar-refractivity contribution in [2.24, 2.45) is 0 Å². The number of hydrogen-bond donors (Lipinski definition) is 0. The molecule has 0 heterocycles. The van der Waals surface area contributed by atoms with E-state index in [4.69, 9.17) is 0 Å². The number of Topliss-reactive ketones (excluding diaryl/α,β-unsaturated/α-hetero) is 2. The number of carbonyl (C=O) groups excluding carboxylic acids is 2. The topological polar surface area (TPSA) is 34.1 Å².